The minimum atomic E-state index is -0.123. The van der Waals surface area contributed by atoms with Gasteiger partial charge in [0.1, 0.15) is 0 Å². The molecule has 1 aromatic heterocycles. The van der Waals surface area contributed by atoms with E-state index < -0.39 is 0 Å². The summed E-state index contributed by atoms with van der Waals surface area (Å²) < 4.78 is 1.90. The van der Waals surface area contributed by atoms with Crippen molar-refractivity contribution in [2.75, 3.05) is 5.75 Å². The van der Waals surface area contributed by atoms with E-state index in [0.717, 1.165) is 11.4 Å². The number of hydrogen-bond donors (Lipinski definition) is 1. The molecule has 0 spiro atoms. The van der Waals surface area contributed by atoms with Gasteiger partial charge in [-0.25, -0.2) is 0 Å². The van der Waals surface area contributed by atoms with Crippen molar-refractivity contribution in [3.63, 3.8) is 0 Å². The van der Waals surface area contributed by atoms with Crippen LogP contribution in [0.4, 0.5) is 0 Å². The summed E-state index contributed by atoms with van der Waals surface area (Å²) in [5.41, 5.74) is 7.18. The molecule has 2 N–H and O–H groups in total. The van der Waals surface area contributed by atoms with E-state index in [-0.39, 0.29) is 12.1 Å². The number of nitrogens with two attached hydrogens (primary N) is 1. The van der Waals surface area contributed by atoms with Crippen LogP contribution in [0.25, 0.3) is 0 Å². The molecule has 2 rings (SSSR count). The second kappa shape index (κ2) is 6.46. The fourth-order valence-corrected chi connectivity index (χ4v) is 3.04. The molecule has 0 bridgehead atoms. The van der Waals surface area contributed by atoms with Crippen LogP contribution in [0.3, 0.4) is 0 Å². The topological polar surface area (TPSA) is 43.8 Å². The van der Waals surface area contributed by atoms with Gasteiger partial charge in [-0.2, -0.15) is 5.10 Å². The van der Waals surface area contributed by atoms with Crippen LogP contribution in [0.1, 0.15) is 31.6 Å². The average molecular weight is 296 g/mol. The minimum Gasteiger partial charge on any atom is -0.322 e. The van der Waals surface area contributed by atoms with E-state index >= 15 is 0 Å². The Kier molecular flexibility index (Phi) is 4.91. The van der Waals surface area contributed by atoms with Crippen molar-refractivity contribution in [1.29, 1.82) is 0 Å². The van der Waals surface area contributed by atoms with E-state index in [1.165, 1.54) is 4.90 Å². The van der Waals surface area contributed by atoms with Gasteiger partial charge in [0, 0.05) is 16.7 Å². The molecule has 0 aliphatic carbocycles. The first-order valence-corrected chi connectivity index (χ1v) is 7.62. The zero-order valence-electron chi connectivity index (χ0n) is 11.1. The van der Waals surface area contributed by atoms with Crippen LogP contribution in [0, 0.1) is 0 Å². The summed E-state index contributed by atoms with van der Waals surface area (Å²) in [6.07, 6.45) is 1.67. The summed E-state index contributed by atoms with van der Waals surface area (Å²) in [5, 5.41) is 4.93. The predicted molar refractivity (Wildman–Crippen MR) is 81.7 cm³/mol. The van der Waals surface area contributed by atoms with Crippen molar-refractivity contribution < 1.29 is 0 Å². The summed E-state index contributed by atoms with van der Waals surface area (Å²) in [4.78, 5) is 1.21. The van der Waals surface area contributed by atoms with Crippen LogP contribution in [-0.2, 0) is 0 Å². The van der Waals surface area contributed by atoms with Crippen molar-refractivity contribution in [1.82, 2.24) is 9.78 Å². The van der Waals surface area contributed by atoms with Gasteiger partial charge in [-0.3, -0.25) is 4.68 Å². The van der Waals surface area contributed by atoms with Gasteiger partial charge in [-0.1, -0.05) is 29.8 Å². The summed E-state index contributed by atoms with van der Waals surface area (Å²) in [5.74, 6) is 0.780. The Balaban J connectivity index is 2.08. The first kappa shape index (κ1) is 14.4. The first-order chi connectivity index (χ1) is 9.09. The lowest BCUT2D eigenvalue weighted by atomic mass is 10.2. The fraction of sp³-hybridized carbons (Fsp3) is 0.357. The molecule has 1 unspecified atom stereocenters. The zero-order chi connectivity index (χ0) is 13.8. The Morgan fingerprint density at radius 1 is 1.32 bits per heavy atom. The molecule has 5 heteroatoms. The van der Waals surface area contributed by atoms with Gasteiger partial charge in [-0.15, -0.1) is 11.8 Å². The van der Waals surface area contributed by atoms with E-state index in [1.54, 1.807) is 18.0 Å². The van der Waals surface area contributed by atoms with Crippen molar-refractivity contribution in [2.24, 2.45) is 5.73 Å². The van der Waals surface area contributed by atoms with Crippen molar-refractivity contribution >= 4 is 23.4 Å². The Labute approximate surface area is 123 Å². The first-order valence-electron chi connectivity index (χ1n) is 6.26. The SMILES string of the molecule is CC(C)n1ncc(Cl)c1C(N)CSc1ccccc1. The third kappa shape index (κ3) is 3.53. The molecule has 0 aliphatic heterocycles. The number of benzene rings is 1. The normalized spacial score (nSPS) is 12.9. The largest absolute Gasteiger partial charge is 0.322 e. The standard InChI is InChI=1S/C14H18ClN3S/c1-10(2)18-14(12(15)8-17-18)13(16)9-19-11-6-4-3-5-7-11/h3-8,10,13H,9,16H2,1-2H3. The minimum absolute atomic E-state index is 0.123. The molecule has 1 aromatic carbocycles. The predicted octanol–water partition coefficient (Wildman–Crippen LogP) is 3.91. The molecule has 0 saturated carbocycles. The Bertz CT molecular complexity index is 525. The van der Waals surface area contributed by atoms with Gasteiger partial charge in [0.15, 0.2) is 0 Å². The molecular weight excluding hydrogens is 278 g/mol. The van der Waals surface area contributed by atoms with E-state index in [4.69, 9.17) is 17.3 Å². The van der Waals surface area contributed by atoms with E-state index in [1.807, 2.05) is 22.9 Å². The van der Waals surface area contributed by atoms with E-state index in [0.29, 0.717) is 5.02 Å². The third-order valence-corrected chi connectivity index (χ3v) is 4.22. The van der Waals surface area contributed by atoms with Crippen LogP contribution in [-0.4, -0.2) is 15.5 Å². The molecule has 0 amide bonds. The highest BCUT2D eigenvalue weighted by atomic mass is 35.5. The molecule has 0 aliphatic rings. The van der Waals surface area contributed by atoms with Gasteiger partial charge >= 0.3 is 0 Å². The number of rotatable bonds is 5. The number of halogens is 1. The number of aromatic nitrogens is 2. The highest BCUT2D eigenvalue weighted by Crippen LogP contribution is 2.28. The van der Waals surface area contributed by atoms with Crippen LogP contribution in [0.2, 0.25) is 5.02 Å². The highest BCUT2D eigenvalue weighted by molar-refractivity contribution is 7.99. The smallest absolute Gasteiger partial charge is 0.0834 e. The molecule has 0 radical (unpaired) electrons. The van der Waals surface area contributed by atoms with Gasteiger partial charge < -0.3 is 5.73 Å². The molecule has 19 heavy (non-hydrogen) atoms. The lowest BCUT2D eigenvalue weighted by molar-refractivity contribution is 0.495. The summed E-state index contributed by atoms with van der Waals surface area (Å²) in [6.45, 7) is 4.15. The maximum Gasteiger partial charge on any atom is 0.0834 e. The van der Waals surface area contributed by atoms with Crippen LogP contribution < -0.4 is 5.73 Å². The summed E-state index contributed by atoms with van der Waals surface area (Å²) >= 11 is 7.92. The molecular formula is C14H18ClN3S. The van der Waals surface area contributed by atoms with Gasteiger partial charge in [0.25, 0.3) is 0 Å². The quantitative estimate of drug-likeness (QED) is 0.851. The average Bonchev–Trinajstić information content (AvgIpc) is 2.79. The molecule has 0 fully saturated rings. The maximum absolute atomic E-state index is 6.26. The Morgan fingerprint density at radius 3 is 2.63 bits per heavy atom. The molecule has 3 nitrogen and oxygen atoms in total. The monoisotopic (exact) mass is 295 g/mol. The second-order valence-electron chi connectivity index (χ2n) is 4.65. The van der Waals surface area contributed by atoms with Crippen LogP contribution in [0.5, 0.6) is 0 Å². The Hall–Kier alpha value is -0.970. The molecule has 102 valence electrons. The van der Waals surface area contributed by atoms with Crippen LogP contribution >= 0.6 is 23.4 Å². The van der Waals surface area contributed by atoms with Crippen molar-refractivity contribution in [3.05, 3.63) is 47.2 Å². The molecule has 2 aromatic rings. The number of nitrogens with zero attached hydrogens (tertiary/aromatic N) is 2. The zero-order valence-corrected chi connectivity index (χ0v) is 12.7. The van der Waals surface area contributed by atoms with Crippen LogP contribution in [0.15, 0.2) is 41.4 Å². The lowest BCUT2D eigenvalue weighted by Gasteiger charge is -2.17. The molecule has 0 saturated heterocycles. The number of thioether (sulfide) groups is 1. The number of hydrogen-bond acceptors (Lipinski definition) is 3. The second-order valence-corrected chi connectivity index (χ2v) is 6.15. The third-order valence-electron chi connectivity index (χ3n) is 2.80. The van der Waals surface area contributed by atoms with E-state index in [9.17, 15) is 0 Å². The van der Waals surface area contributed by atoms with Gasteiger partial charge in [-0.05, 0) is 26.0 Å². The van der Waals surface area contributed by atoms with E-state index in [2.05, 4.69) is 31.1 Å². The molecule has 1 heterocycles. The lowest BCUT2D eigenvalue weighted by Crippen LogP contribution is -2.20. The summed E-state index contributed by atoms with van der Waals surface area (Å²) in [6, 6.07) is 10.4. The fourth-order valence-electron chi connectivity index (χ4n) is 1.89. The maximum atomic E-state index is 6.26. The van der Waals surface area contributed by atoms with Gasteiger partial charge in [0.05, 0.1) is 23.0 Å². The Morgan fingerprint density at radius 2 is 2.00 bits per heavy atom. The van der Waals surface area contributed by atoms with Crippen molar-refractivity contribution in [2.45, 2.75) is 30.8 Å². The summed E-state index contributed by atoms with van der Waals surface area (Å²) in [7, 11) is 0. The molecule has 1 atom stereocenters. The van der Waals surface area contributed by atoms with Crippen molar-refractivity contribution in [3.8, 4) is 0 Å². The van der Waals surface area contributed by atoms with Gasteiger partial charge in [0.2, 0.25) is 0 Å². The highest BCUT2D eigenvalue weighted by Gasteiger charge is 2.18.